The van der Waals surface area contributed by atoms with Crippen molar-refractivity contribution in [2.45, 2.75) is 91.4 Å². The number of furan rings is 2. The van der Waals surface area contributed by atoms with Gasteiger partial charge in [-0.2, -0.15) is 0 Å². The Morgan fingerprint density at radius 1 is 0.522 bits per heavy atom. The Labute approximate surface area is 413 Å². The first-order valence-electron chi connectivity index (χ1n) is 24.5. The average molecular weight is 935 g/mol. The van der Waals surface area contributed by atoms with Crippen LogP contribution >= 0.6 is 22.7 Å². The van der Waals surface area contributed by atoms with Crippen molar-refractivity contribution >= 4 is 118 Å². The van der Waals surface area contributed by atoms with E-state index in [1.54, 1.807) is 11.3 Å². The number of anilines is 6. The lowest BCUT2D eigenvalue weighted by Crippen LogP contribution is -2.60. The molecule has 13 rings (SSSR count). The summed E-state index contributed by atoms with van der Waals surface area (Å²) in [4.78, 5) is 6.41. The zero-order valence-corrected chi connectivity index (χ0v) is 42.5. The van der Waals surface area contributed by atoms with E-state index >= 15 is 0 Å². The Bertz CT molecular complexity index is 3750. The Morgan fingerprint density at radius 3 is 1.59 bits per heavy atom. The van der Waals surface area contributed by atoms with E-state index in [1.807, 2.05) is 11.3 Å². The van der Waals surface area contributed by atoms with Gasteiger partial charge in [-0.15, -0.1) is 22.7 Å². The molecule has 0 unspecified atom stereocenters. The van der Waals surface area contributed by atoms with Crippen LogP contribution in [0, 0.1) is 0 Å². The molecule has 7 heteroatoms. The van der Waals surface area contributed by atoms with E-state index in [1.165, 1.54) is 64.9 Å². The van der Waals surface area contributed by atoms with Crippen molar-refractivity contribution < 1.29 is 8.83 Å². The van der Waals surface area contributed by atoms with Crippen LogP contribution in [0.3, 0.4) is 0 Å². The van der Waals surface area contributed by atoms with Crippen LogP contribution in [-0.4, -0.2) is 6.71 Å². The first-order chi connectivity index (χ1) is 33.1. The third-order valence-electron chi connectivity index (χ3n) is 15.0. The van der Waals surface area contributed by atoms with Crippen LogP contribution in [0.15, 0.2) is 147 Å². The third-order valence-corrected chi connectivity index (χ3v) is 16.9. The lowest BCUT2D eigenvalue weighted by Gasteiger charge is -2.42. The molecule has 0 N–H and O–H groups in total. The molecule has 0 radical (unpaired) electrons. The van der Waals surface area contributed by atoms with Crippen LogP contribution in [0.1, 0.15) is 95.9 Å². The second kappa shape index (κ2) is 15.0. The molecular formula is C62H55BN2O2S2. The van der Waals surface area contributed by atoms with Gasteiger partial charge < -0.3 is 18.6 Å². The smallest absolute Gasteiger partial charge is 0.342 e. The van der Waals surface area contributed by atoms with Gasteiger partial charge in [-0.3, -0.25) is 0 Å². The largest absolute Gasteiger partial charge is 0.468 e. The number of fused-ring (bicyclic) bond motifs is 10. The number of hydrogen-bond acceptors (Lipinski definition) is 6. The second-order valence-corrected chi connectivity index (χ2v) is 24.3. The van der Waals surface area contributed by atoms with Gasteiger partial charge in [-0.25, -0.2) is 0 Å². The monoisotopic (exact) mass is 934 g/mol. The third kappa shape index (κ3) is 6.60. The van der Waals surface area contributed by atoms with Crippen LogP contribution in [0.2, 0.25) is 0 Å². The maximum atomic E-state index is 7.34. The summed E-state index contributed by atoms with van der Waals surface area (Å²) in [6, 6.07) is 45.8. The molecule has 0 fully saturated rings. The van der Waals surface area contributed by atoms with Gasteiger partial charge in [-0.05, 0) is 157 Å². The highest BCUT2D eigenvalue weighted by Gasteiger charge is 2.50. The van der Waals surface area contributed by atoms with E-state index in [-0.39, 0.29) is 23.0 Å². The van der Waals surface area contributed by atoms with E-state index in [9.17, 15) is 0 Å². The highest BCUT2D eigenvalue weighted by Crippen LogP contribution is 2.51. The summed E-state index contributed by atoms with van der Waals surface area (Å²) in [6.07, 6.45) is 6.77. The van der Waals surface area contributed by atoms with Gasteiger partial charge in [0.25, 0.3) is 0 Å². The topological polar surface area (TPSA) is 32.8 Å². The van der Waals surface area contributed by atoms with Crippen molar-refractivity contribution in [3.8, 4) is 22.3 Å². The van der Waals surface area contributed by atoms with E-state index in [4.69, 9.17) is 8.83 Å². The number of nitrogens with zero attached hydrogens (tertiary/aromatic N) is 2. The molecule has 0 saturated carbocycles. The van der Waals surface area contributed by atoms with Crippen molar-refractivity contribution in [3.63, 3.8) is 0 Å². The SMILES string of the molecule is CC(C)(C)c1cc2c3c(c1)N(c1ccc(-c4csc5ccccc45)cc1)c1c(oc4ccc(C(C)(C)C)cc14)B3c1oc3ccc(C(C)(C)C)cc3c1N2c1ccc(-c2csc3c2CCC=C3)cc1. The Balaban J connectivity index is 1.10. The Kier molecular flexibility index (Phi) is 9.24. The standard InChI is InChI=1S/C62H55BN2O2S2/c1-60(2,3)38-22-28-51-45(30-38)56-58(66-51)63-55-49(64(56)41-24-18-36(19-25-41)47-34-68-53-16-12-10-14-43(47)53)32-40(62(7,8)9)33-50(55)65(57-46-31-39(61(4,5)6)23-29-52(46)67-59(57)63)42-26-20-37(21-27-42)48-35-69-54-17-13-11-15-44(48)54/h10,12-14,16-35H,11,15H2,1-9H3. The quantitative estimate of drug-likeness (QED) is 0.165. The number of benzene rings is 6. The predicted molar refractivity (Wildman–Crippen MR) is 298 cm³/mol. The van der Waals surface area contributed by atoms with Gasteiger partial charge in [0.2, 0.25) is 0 Å². The van der Waals surface area contributed by atoms with Crippen molar-refractivity contribution in [2.24, 2.45) is 0 Å². The van der Waals surface area contributed by atoms with Gasteiger partial charge in [0.05, 0.1) is 11.4 Å². The van der Waals surface area contributed by atoms with Gasteiger partial charge in [0.15, 0.2) is 0 Å². The fraction of sp³-hybridized carbons (Fsp3) is 0.226. The summed E-state index contributed by atoms with van der Waals surface area (Å²) in [5, 5.41) is 8.15. The zero-order valence-electron chi connectivity index (χ0n) is 40.9. The molecule has 4 nitrogen and oxygen atoms in total. The fourth-order valence-corrected chi connectivity index (χ4v) is 13.1. The molecule has 3 aliphatic rings. The second-order valence-electron chi connectivity index (χ2n) is 22.5. The summed E-state index contributed by atoms with van der Waals surface area (Å²) < 4.78 is 16.0. The van der Waals surface area contributed by atoms with Crippen LogP contribution in [-0.2, 0) is 22.7 Å². The minimum absolute atomic E-state index is 0.0626. The Hall–Kier alpha value is -6.54. The zero-order chi connectivity index (χ0) is 47.3. The number of hydrogen-bond donors (Lipinski definition) is 0. The highest BCUT2D eigenvalue weighted by molar-refractivity contribution is 7.17. The summed E-state index contributed by atoms with van der Waals surface area (Å²) in [5.74, 6) is 0. The van der Waals surface area contributed by atoms with E-state index in [0.717, 1.165) is 80.2 Å². The van der Waals surface area contributed by atoms with Crippen LogP contribution in [0.5, 0.6) is 0 Å². The molecule has 2 aliphatic heterocycles. The Morgan fingerprint density at radius 2 is 1.04 bits per heavy atom. The maximum absolute atomic E-state index is 7.34. The summed E-state index contributed by atoms with van der Waals surface area (Å²) in [7, 11) is 0. The highest BCUT2D eigenvalue weighted by atomic mass is 32.1. The van der Waals surface area contributed by atoms with Crippen LogP contribution in [0.4, 0.5) is 34.1 Å². The van der Waals surface area contributed by atoms with Crippen LogP contribution in [0.25, 0.3) is 60.4 Å². The first kappa shape index (κ1) is 42.6. The van der Waals surface area contributed by atoms with Gasteiger partial charge in [0.1, 0.15) is 22.5 Å². The minimum Gasteiger partial charge on any atom is -0.468 e. The van der Waals surface area contributed by atoms with Crippen molar-refractivity contribution in [2.75, 3.05) is 9.80 Å². The number of allylic oxidation sites excluding steroid dienone is 1. The molecule has 6 heterocycles. The van der Waals surface area contributed by atoms with Crippen molar-refractivity contribution in [1.82, 2.24) is 0 Å². The number of rotatable bonds is 4. The fourth-order valence-electron chi connectivity index (χ4n) is 11.1. The van der Waals surface area contributed by atoms with Crippen molar-refractivity contribution in [3.05, 3.63) is 165 Å². The molecule has 0 saturated heterocycles. The lowest BCUT2D eigenvalue weighted by atomic mass is 9.37. The summed E-state index contributed by atoms with van der Waals surface area (Å²) >= 11 is 3.66. The van der Waals surface area contributed by atoms with Crippen LogP contribution < -0.4 is 26.6 Å². The molecule has 0 spiro atoms. The lowest BCUT2D eigenvalue weighted by molar-refractivity contribution is 0.590. The van der Waals surface area contributed by atoms with E-state index in [0.29, 0.717) is 0 Å². The minimum atomic E-state index is -0.307. The van der Waals surface area contributed by atoms with Gasteiger partial charge in [0, 0.05) is 54.0 Å². The molecule has 10 aromatic rings. The summed E-state index contributed by atoms with van der Waals surface area (Å²) in [5.41, 5.74) is 21.4. The average Bonchev–Trinajstić information content (AvgIpc) is 4.14. The predicted octanol–water partition coefficient (Wildman–Crippen LogP) is 16.7. The van der Waals surface area contributed by atoms with Crippen molar-refractivity contribution in [1.29, 1.82) is 0 Å². The molecule has 340 valence electrons. The molecule has 6 aromatic carbocycles. The van der Waals surface area contributed by atoms with Gasteiger partial charge >= 0.3 is 6.71 Å². The number of thiophene rings is 2. The molecule has 69 heavy (non-hydrogen) atoms. The van der Waals surface area contributed by atoms with E-state index in [2.05, 4.69) is 216 Å². The first-order valence-corrected chi connectivity index (χ1v) is 26.2. The molecular weight excluding hydrogens is 880 g/mol. The normalized spacial score (nSPS) is 14.5. The van der Waals surface area contributed by atoms with Gasteiger partial charge in [-0.1, -0.05) is 123 Å². The summed E-state index contributed by atoms with van der Waals surface area (Å²) in [6.45, 7) is 20.5. The molecule has 0 atom stereocenters. The molecule has 1 aliphatic carbocycles. The van der Waals surface area contributed by atoms with E-state index < -0.39 is 0 Å². The molecule has 0 bridgehead atoms. The maximum Gasteiger partial charge on any atom is 0.342 e. The molecule has 4 aromatic heterocycles. The molecule has 0 amide bonds.